The Balaban J connectivity index is 1.66. The molecule has 0 atom stereocenters. The number of amides is 1. The topological polar surface area (TPSA) is 77.0 Å². The van der Waals surface area contributed by atoms with Crippen molar-refractivity contribution in [2.24, 2.45) is 5.92 Å². The maximum atomic E-state index is 11.7. The fraction of sp³-hybridized carbons (Fsp3) is 0.412. The molecule has 0 unspecified atom stereocenters. The van der Waals surface area contributed by atoms with Gasteiger partial charge in [-0.05, 0) is 49.9 Å². The van der Waals surface area contributed by atoms with Gasteiger partial charge < -0.3 is 10.1 Å². The lowest BCUT2D eigenvalue weighted by Gasteiger charge is -2.08. The Bertz CT molecular complexity index is 696. The molecule has 3 rings (SSSR count). The Labute approximate surface area is 135 Å². The summed E-state index contributed by atoms with van der Waals surface area (Å²) in [5.41, 5.74) is 2.58. The number of aromatic nitrogens is 3. The molecule has 0 spiro atoms. The standard InChI is InChI=1S/C17H20N4O2/c1-3-14-15(4-2)20-21-17(19-14)23-13-9-7-12(8-10-13)18-16(22)11-5-6-11/h7-11H,3-6H2,1-2H3,(H,18,22). The van der Waals surface area contributed by atoms with E-state index in [4.69, 9.17) is 4.74 Å². The van der Waals surface area contributed by atoms with Crippen LogP contribution in [0.2, 0.25) is 0 Å². The van der Waals surface area contributed by atoms with E-state index in [0.29, 0.717) is 5.75 Å². The quantitative estimate of drug-likeness (QED) is 0.886. The van der Waals surface area contributed by atoms with Gasteiger partial charge in [-0.2, -0.15) is 4.98 Å². The fourth-order valence-corrected chi connectivity index (χ4v) is 2.27. The van der Waals surface area contributed by atoms with Gasteiger partial charge in [0.2, 0.25) is 5.91 Å². The van der Waals surface area contributed by atoms with E-state index >= 15 is 0 Å². The van der Waals surface area contributed by atoms with Crippen LogP contribution in [0.25, 0.3) is 0 Å². The van der Waals surface area contributed by atoms with Gasteiger partial charge >= 0.3 is 6.01 Å². The molecular formula is C17H20N4O2. The number of anilines is 1. The van der Waals surface area contributed by atoms with Crippen molar-refractivity contribution >= 4 is 11.6 Å². The number of nitrogens with one attached hydrogen (secondary N) is 1. The van der Waals surface area contributed by atoms with Crippen LogP contribution < -0.4 is 10.1 Å². The third kappa shape index (κ3) is 3.83. The number of hydrogen-bond acceptors (Lipinski definition) is 5. The molecule has 0 saturated heterocycles. The fourth-order valence-electron chi connectivity index (χ4n) is 2.27. The average molecular weight is 312 g/mol. The van der Waals surface area contributed by atoms with Gasteiger partial charge in [0.15, 0.2) is 0 Å². The zero-order chi connectivity index (χ0) is 16.2. The summed E-state index contributed by atoms with van der Waals surface area (Å²) in [5.74, 6) is 0.895. The van der Waals surface area contributed by atoms with Gasteiger partial charge in [0, 0.05) is 11.6 Å². The Morgan fingerprint density at radius 2 is 1.83 bits per heavy atom. The van der Waals surface area contributed by atoms with Crippen LogP contribution in [0.1, 0.15) is 38.1 Å². The van der Waals surface area contributed by atoms with Gasteiger partial charge in [-0.15, -0.1) is 5.10 Å². The number of carbonyl (C=O) groups excluding carboxylic acids is 1. The van der Waals surface area contributed by atoms with Gasteiger partial charge in [-0.1, -0.05) is 18.9 Å². The molecule has 1 aliphatic rings. The summed E-state index contributed by atoms with van der Waals surface area (Å²) in [6, 6.07) is 7.43. The number of nitrogens with zero attached hydrogens (tertiary/aromatic N) is 3. The maximum Gasteiger partial charge on any atom is 0.341 e. The van der Waals surface area contributed by atoms with E-state index < -0.39 is 0 Å². The van der Waals surface area contributed by atoms with Crippen molar-refractivity contribution in [3.8, 4) is 11.8 Å². The van der Waals surface area contributed by atoms with E-state index in [1.807, 2.05) is 26.0 Å². The predicted molar refractivity (Wildman–Crippen MR) is 86.5 cm³/mol. The predicted octanol–water partition coefficient (Wildman–Crippen LogP) is 3.14. The summed E-state index contributed by atoms with van der Waals surface area (Å²) in [6.07, 6.45) is 3.58. The van der Waals surface area contributed by atoms with Gasteiger partial charge in [-0.25, -0.2) is 0 Å². The van der Waals surface area contributed by atoms with E-state index in [1.54, 1.807) is 12.1 Å². The summed E-state index contributed by atoms with van der Waals surface area (Å²) < 4.78 is 5.64. The highest BCUT2D eigenvalue weighted by Crippen LogP contribution is 2.30. The van der Waals surface area contributed by atoms with E-state index in [2.05, 4.69) is 20.5 Å². The van der Waals surface area contributed by atoms with Crippen LogP contribution in [0.15, 0.2) is 24.3 Å². The number of hydrogen-bond donors (Lipinski definition) is 1. The van der Waals surface area contributed by atoms with Crippen molar-refractivity contribution in [2.75, 3.05) is 5.32 Å². The first-order chi connectivity index (χ1) is 11.2. The molecular weight excluding hydrogens is 292 g/mol. The second-order valence-electron chi connectivity index (χ2n) is 5.58. The average Bonchev–Trinajstić information content (AvgIpc) is 3.41. The minimum Gasteiger partial charge on any atom is -0.423 e. The van der Waals surface area contributed by atoms with Crippen LogP contribution in [0.4, 0.5) is 5.69 Å². The second kappa shape index (κ2) is 6.73. The maximum absolute atomic E-state index is 11.7. The largest absolute Gasteiger partial charge is 0.423 e. The number of aryl methyl sites for hydroxylation is 2. The minimum atomic E-state index is 0.0916. The lowest BCUT2D eigenvalue weighted by atomic mass is 10.2. The lowest BCUT2D eigenvalue weighted by molar-refractivity contribution is -0.117. The highest BCUT2D eigenvalue weighted by atomic mass is 16.5. The molecule has 1 amide bonds. The molecule has 6 heteroatoms. The van der Waals surface area contributed by atoms with Crippen LogP contribution in [0.5, 0.6) is 11.8 Å². The first kappa shape index (κ1) is 15.4. The summed E-state index contributed by atoms with van der Waals surface area (Å²) >= 11 is 0. The molecule has 0 radical (unpaired) electrons. The van der Waals surface area contributed by atoms with E-state index in [9.17, 15) is 4.79 Å². The van der Waals surface area contributed by atoms with E-state index in [0.717, 1.165) is 42.8 Å². The van der Waals surface area contributed by atoms with Gasteiger partial charge in [0.05, 0.1) is 11.4 Å². The molecule has 1 fully saturated rings. The Morgan fingerprint density at radius 3 is 2.43 bits per heavy atom. The molecule has 120 valence electrons. The summed E-state index contributed by atoms with van der Waals surface area (Å²) in [5, 5.41) is 11.0. The van der Waals surface area contributed by atoms with Gasteiger partial charge in [0.25, 0.3) is 0 Å². The van der Waals surface area contributed by atoms with E-state index in [-0.39, 0.29) is 17.8 Å². The molecule has 1 aromatic carbocycles. The second-order valence-corrected chi connectivity index (χ2v) is 5.58. The number of benzene rings is 1. The molecule has 0 aliphatic heterocycles. The van der Waals surface area contributed by atoms with Crippen LogP contribution in [0, 0.1) is 5.92 Å². The van der Waals surface area contributed by atoms with Crippen LogP contribution in [0.3, 0.4) is 0 Å². The number of rotatable bonds is 6. The monoisotopic (exact) mass is 312 g/mol. The molecule has 1 heterocycles. The van der Waals surface area contributed by atoms with Crippen molar-refractivity contribution in [1.29, 1.82) is 0 Å². The molecule has 1 aliphatic carbocycles. The van der Waals surface area contributed by atoms with Crippen LogP contribution in [-0.2, 0) is 17.6 Å². The highest BCUT2D eigenvalue weighted by Gasteiger charge is 2.29. The van der Waals surface area contributed by atoms with Gasteiger partial charge in [-0.3, -0.25) is 4.79 Å². The van der Waals surface area contributed by atoms with Crippen LogP contribution >= 0.6 is 0 Å². The van der Waals surface area contributed by atoms with Crippen LogP contribution in [-0.4, -0.2) is 21.1 Å². The molecule has 2 aromatic rings. The van der Waals surface area contributed by atoms with Crippen molar-refractivity contribution < 1.29 is 9.53 Å². The first-order valence-electron chi connectivity index (χ1n) is 8.00. The SMILES string of the molecule is CCc1nnc(Oc2ccc(NC(=O)C3CC3)cc2)nc1CC. The normalized spacial score (nSPS) is 13.7. The third-order valence-corrected chi connectivity index (χ3v) is 3.77. The molecule has 6 nitrogen and oxygen atoms in total. The lowest BCUT2D eigenvalue weighted by Crippen LogP contribution is -2.13. The van der Waals surface area contributed by atoms with Crippen molar-refractivity contribution in [1.82, 2.24) is 15.2 Å². The molecule has 1 saturated carbocycles. The van der Waals surface area contributed by atoms with Gasteiger partial charge in [0.1, 0.15) is 5.75 Å². The summed E-state index contributed by atoms with van der Waals surface area (Å²) in [7, 11) is 0. The summed E-state index contributed by atoms with van der Waals surface area (Å²) in [4.78, 5) is 16.1. The number of ether oxygens (including phenoxy) is 1. The van der Waals surface area contributed by atoms with Crippen molar-refractivity contribution in [3.05, 3.63) is 35.7 Å². The first-order valence-corrected chi connectivity index (χ1v) is 8.00. The molecule has 0 bridgehead atoms. The Kier molecular flexibility index (Phi) is 4.50. The molecule has 1 N–H and O–H groups in total. The smallest absolute Gasteiger partial charge is 0.341 e. The van der Waals surface area contributed by atoms with E-state index in [1.165, 1.54) is 0 Å². The zero-order valence-electron chi connectivity index (χ0n) is 13.4. The zero-order valence-corrected chi connectivity index (χ0v) is 13.4. The summed E-state index contributed by atoms with van der Waals surface area (Å²) in [6.45, 7) is 4.06. The Hall–Kier alpha value is -2.50. The third-order valence-electron chi connectivity index (χ3n) is 3.77. The van der Waals surface area contributed by atoms with Crippen molar-refractivity contribution in [2.45, 2.75) is 39.5 Å². The molecule has 1 aromatic heterocycles. The number of carbonyl (C=O) groups is 1. The highest BCUT2D eigenvalue weighted by molar-refractivity contribution is 5.94. The molecule has 23 heavy (non-hydrogen) atoms. The van der Waals surface area contributed by atoms with Crippen molar-refractivity contribution in [3.63, 3.8) is 0 Å². The minimum absolute atomic E-state index is 0.0916. The Morgan fingerprint density at radius 1 is 1.13 bits per heavy atom.